The fourth-order valence-electron chi connectivity index (χ4n) is 3.29. The van der Waals surface area contributed by atoms with Crippen molar-refractivity contribution < 1.29 is 13.2 Å². The first kappa shape index (κ1) is 22.3. The van der Waals surface area contributed by atoms with Crippen molar-refractivity contribution in [1.82, 2.24) is 8.87 Å². The summed E-state index contributed by atoms with van der Waals surface area (Å²) in [7, 11) is -1.83. The second-order valence-corrected chi connectivity index (χ2v) is 9.32. The van der Waals surface area contributed by atoms with Gasteiger partial charge in [-0.25, -0.2) is 13.4 Å². The number of rotatable bonds is 8. The molecule has 0 saturated carbocycles. The van der Waals surface area contributed by atoms with Crippen LogP contribution in [0.4, 0.5) is 5.69 Å². The van der Waals surface area contributed by atoms with Crippen LogP contribution in [-0.4, -0.2) is 37.5 Å². The summed E-state index contributed by atoms with van der Waals surface area (Å²) in [5.74, 6) is 0.723. The molecule has 30 heavy (non-hydrogen) atoms. The number of aromatic nitrogens is 1. The van der Waals surface area contributed by atoms with Crippen molar-refractivity contribution in [2.75, 3.05) is 20.2 Å². The van der Waals surface area contributed by atoms with Crippen molar-refractivity contribution in [2.24, 2.45) is 4.99 Å². The Morgan fingerprint density at radius 2 is 1.70 bits per heavy atom. The van der Waals surface area contributed by atoms with Crippen LogP contribution in [0.25, 0.3) is 11.3 Å². The van der Waals surface area contributed by atoms with Crippen LogP contribution in [0.3, 0.4) is 0 Å². The lowest BCUT2D eigenvalue weighted by molar-refractivity contribution is 0.416. The summed E-state index contributed by atoms with van der Waals surface area (Å²) < 4.78 is 34.4. The Morgan fingerprint density at radius 3 is 2.30 bits per heavy atom. The Kier molecular flexibility index (Phi) is 7.12. The van der Waals surface area contributed by atoms with Gasteiger partial charge in [0.05, 0.1) is 17.7 Å². The first-order valence-corrected chi connectivity index (χ1v) is 12.2. The first-order valence-electron chi connectivity index (χ1n) is 9.92. The topological polar surface area (TPSA) is 63.9 Å². The average Bonchev–Trinajstić information content (AvgIpc) is 3.17. The maximum absolute atomic E-state index is 12.7. The fraction of sp³-hybridized carbons (Fsp3) is 0.318. The lowest BCUT2D eigenvalue weighted by Gasteiger charge is -2.18. The molecule has 0 amide bonds. The standard InChI is InChI=1S/C22H27N3O3S2/c1-5-24(6-2)30(26,27)18-14-12-17(13-15-18)20-16-29-22(25(20)7-3)23-19-10-8-9-11-21(19)28-4/h8-16H,5-7H2,1-4H3. The van der Waals surface area contributed by atoms with Crippen LogP contribution in [0.2, 0.25) is 0 Å². The molecule has 0 unspecified atom stereocenters. The van der Waals surface area contributed by atoms with E-state index in [9.17, 15) is 8.42 Å². The molecule has 0 radical (unpaired) electrons. The second kappa shape index (κ2) is 9.59. The summed E-state index contributed by atoms with van der Waals surface area (Å²) in [6.07, 6.45) is 0. The highest BCUT2D eigenvalue weighted by Gasteiger charge is 2.21. The number of hydrogen-bond donors (Lipinski definition) is 0. The Bertz CT molecular complexity index is 1160. The Balaban J connectivity index is 2.01. The van der Waals surface area contributed by atoms with Crippen LogP contribution in [0.1, 0.15) is 20.8 Å². The smallest absolute Gasteiger partial charge is 0.243 e. The molecule has 2 aromatic carbocycles. The molecule has 6 nitrogen and oxygen atoms in total. The molecular weight excluding hydrogens is 418 g/mol. The normalized spacial score (nSPS) is 12.5. The summed E-state index contributed by atoms with van der Waals surface area (Å²) in [5, 5.41) is 2.05. The van der Waals surface area contributed by atoms with Crippen LogP contribution in [-0.2, 0) is 16.6 Å². The predicted molar refractivity (Wildman–Crippen MR) is 122 cm³/mol. The minimum atomic E-state index is -3.46. The maximum atomic E-state index is 12.7. The molecule has 8 heteroatoms. The molecule has 0 bridgehead atoms. The van der Waals surface area contributed by atoms with Crippen LogP contribution < -0.4 is 9.54 Å². The third kappa shape index (κ3) is 4.35. The molecule has 0 atom stereocenters. The molecule has 3 rings (SSSR count). The number of para-hydroxylation sites is 2. The van der Waals surface area contributed by atoms with E-state index in [1.807, 2.05) is 55.6 Å². The molecule has 0 N–H and O–H groups in total. The summed E-state index contributed by atoms with van der Waals surface area (Å²) in [6.45, 7) is 7.40. The number of methoxy groups -OCH3 is 1. The van der Waals surface area contributed by atoms with Crippen molar-refractivity contribution in [3.8, 4) is 17.0 Å². The van der Waals surface area contributed by atoms with Gasteiger partial charge in [-0.3, -0.25) is 0 Å². The van der Waals surface area contributed by atoms with Gasteiger partial charge in [0.15, 0.2) is 4.80 Å². The molecule has 0 aliphatic rings. The molecule has 1 aromatic heterocycles. The quantitative estimate of drug-likeness (QED) is 0.512. The number of benzene rings is 2. The molecule has 0 spiro atoms. The van der Waals surface area contributed by atoms with Crippen LogP contribution in [0.5, 0.6) is 5.75 Å². The van der Waals surface area contributed by atoms with E-state index in [0.717, 1.165) is 34.0 Å². The highest BCUT2D eigenvalue weighted by Crippen LogP contribution is 2.27. The Labute approximate surface area is 182 Å². The van der Waals surface area contributed by atoms with Crippen molar-refractivity contribution in [1.29, 1.82) is 0 Å². The zero-order chi connectivity index (χ0) is 21.7. The first-order chi connectivity index (χ1) is 14.5. The molecule has 1 heterocycles. The fourth-order valence-corrected chi connectivity index (χ4v) is 5.73. The number of hydrogen-bond acceptors (Lipinski definition) is 5. The third-order valence-corrected chi connectivity index (χ3v) is 7.84. The van der Waals surface area contributed by atoms with Gasteiger partial charge in [-0.2, -0.15) is 4.31 Å². The highest BCUT2D eigenvalue weighted by atomic mass is 32.2. The summed E-state index contributed by atoms with van der Waals surface area (Å²) in [6, 6.07) is 14.7. The molecule has 0 aliphatic carbocycles. The van der Waals surface area contributed by atoms with Gasteiger partial charge in [-0.05, 0) is 36.8 Å². The van der Waals surface area contributed by atoms with Crippen LogP contribution in [0, 0.1) is 0 Å². The number of sulfonamides is 1. The molecular formula is C22H27N3O3S2. The van der Waals surface area contributed by atoms with E-state index in [1.54, 1.807) is 30.6 Å². The molecule has 0 aliphatic heterocycles. The van der Waals surface area contributed by atoms with E-state index in [2.05, 4.69) is 11.5 Å². The van der Waals surface area contributed by atoms with E-state index >= 15 is 0 Å². The number of thiazole rings is 1. The second-order valence-electron chi connectivity index (χ2n) is 6.55. The molecule has 3 aromatic rings. The van der Waals surface area contributed by atoms with E-state index in [-0.39, 0.29) is 0 Å². The largest absolute Gasteiger partial charge is 0.494 e. The monoisotopic (exact) mass is 445 g/mol. The summed E-state index contributed by atoms with van der Waals surface area (Å²) in [5.41, 5.74) is 2.73. The predicted octanol–water partition coefficient (Wildman–Crippen LogP) is 4.51. The van der Waals surface area contributed by atoms with Gasteiger partial charge < -0.3 is 9.30 Å². The zero-order valence-electron chi connectivity index (χ0n) is 17.7. The van der Waals surface area contributed by atoms with E-state index in [1.165, 1.54) is 4.31 Å². The van der Waals surface area contributed by atoms with Gasteiger partial charge in [0.1, 0.15) is 11.4 Å². The molecule has 0 saturated heterocycles. The Hall–Kier alpha value is -2.42. The minimum absolute atomic E-state index is 0.312. The summed E-state index contributed by atoms with van der Waals surface area (Å²) >= 11 is 1.55. The summed E-state index contributed by atoms with van der Waals surface area (Å²) in [4.78, 5) is 5.96. The lowest BCUT2D eigenvalue weighted by Crippen LogP contribution is -2.30. The van der Waals surface area contributed by atoms with Gasteiger partial charge in [0.2, 0.25) is 10.0 Å². The van der Waals surface area contributed by atoms with E-state index in [0.29, 0.717) is 18.0 Å². The van der Waals surface area contributed by atoms with Crippen molar-refractivity contribution in [2.45, 2.75) is 32.2 Å². The van der Waals surface area contributed by atoms with Crippen molar-refractivity contribution in [3.05, 3.63) is 58.7 Å². The average molecular weight is 446 g/mol. The maximum Gasteiger partial charge on any atom is 0.243 e. The zero-order valence-corrected chi connectivity index (χ0v) is 19.3. The van der Waals surface area contributed by atoms with Crippen LogP contribution >= 0.6 is 11.3 Å². The van der Waals surface area contributed by atoms with Crippen LogP contribution in [0.15, 0.2) is 63.8 Å². The SMILES string of the molecule is CCN(CC)S(=O)(=O)c1ccc(-c2csc(=Nc3ccccc3OC)n2CC)cc1. The Morgan fingerprint density at radius 1 is 1.03 bits per heavy atom. The molecule has 160 valence electrons. The molecule has 0 fully saturated rings. The highest BCUT2D eigenvalue weighted by molar-refractivity contribution is 7.89. The lowest BCUT2D eigenvalue weighted by atomic mass is 10.2. The van der Waals surface area contributed by atoms with Gasteiger partial charge in [-0.15, -0.1) is 11.3 Å². The minimum Gasteiger partial charge on any atom is -0.494 e. The van der Waals surface area contributed by atoms with E-state index < -0.39 is 10.0 Å². The van der Waals surface area contributed by atoms with Gasteiger partial charge >= 0.3 is 0 Å². The van der Waals surface area contributed by atoms with E-state index in [4.69, 9.17) is 9.73 Å². The van der Waals surface area contributed by atoms with Crippen molar-refractivity contribution >= 4 is 27.0 Å². The van der Waals surface area contributed by atoms with Crippen molar-refractivity contribution in [3.63, 3.8) is 0 Å². The van der Waals surface area contributed by atoms with Gasteiger partial charge in [0, 0.05) is 25.0 Å². The van der Waals surface area contributed by atoms with Gasteiger partial charge in [0.25, 0.3) is 0 Å². The number of ether oxygens (including phenoxy) is 1. The number of nitrogens with zero attached hydrogens (tertiary/aromatic N) is 3. The third-order valence-electron chi connectivity index (χ3n) is 4.91. The van der Waals surface area contributed by atoms with Gasteiger partial charge in [-0.1, -0.05) is 38.1 Å².